The lowest BCUT2D eigenvalue weighted by Crippen LogP contribution is -2.44. The molecule has 1 unspecified atom stereocenters. The van der Waals surface area contributed by atoms with Crippen molar-refractivity contribution < 1.29 is 9.94 Å². The van der Waals surface area contributed by atoms with Crippen LogP contribution in [-0.2, 0) is 4.74 Å². The largest absolute Gasteiger partial charge is 0.409 e. The van der Waals surface area contributed by atoms with E-state index < -0.39 is 0 Å². The van der Waals surface area contributed by atoms with Gasteiger partial charge in [-0.25, -0.2) is 0 Å². The number of hydrogen-bond donors (Lipinski definition) is 2. The Morgan fingerprint density at radius 2 is 2.38 bits per heavy atom. The second-order valence-corrected chi connectivity index (χ2v) is 5.18. The normalized spacial score (nSPS) is 30.3. The van der Waals surface area contributed by atoms with Crippen LogP contribution in [0.4, 0.5) is 0 Å². The molecule has 1 heterocycles. The molecule has 0 aromatic heterocycles. The molecule has 0 aromatic carbocycles. The van der Waals surface area contributed by atoms with Crippen LogP contribution < -0.4 is 5.73 Å². The van der Waals surface area contributed by atoms with Gasteiger partial charge >= 0.3 is 0 Å². The number of nitrogens with two attached hydrogens (primary N) is 1. The Morgan fingerprint density at radius 3 is 2.94 bits per heavy atom. The summed E-state index contributed by atoms with van der Waals surface area (Å²) in [5.74, 6) is 0.360. The molecule has 5 heteroatoms. The first-order valence-electron chi connectivity index (χ1n) is 5.94. The van der Waals surface area contributed by atoms with Crippen LogP contribution in [0.1, 0.15) is 26.2 Å². The number of amidine groups is 1. The molecule has 1 aliphatic heterocycles. The molecular formula is C11H21N3O2. The fourth-order valence-electron chi connectivity index (χ4n) is 2.50. The van der Waals surface area contributed by atoms with Gasteiger partial charge in [0, 0.05) is 26.1 Å². The number of nitrogens with zero attached hydrogens (tertiary/aromatic N) is 2. The zero-order valence-electron chi connectivity index (χ0n) is 9.85. The second-order valence-electron chi connectivity index (χ2n) is 5.18. The number of ether oxygens (including phenoxy) is 1. The van der Waals surface area contributed by atoms with Gasteiger partial charge in [-0.05, 0) is 25.2 Å². The van der Waals surface area contributed by atoms with Gasteiger partial charge in [-0.2, -0.15) is 0 Å². The highest BCUT2D eigenvalue weighted by atomic mass is 16.5. The third-order valence-electron chi connectivity index (χ3n) is 3.53. The Balaban J connectivity index is 1.84. The van der Waals surface area contributed by atoms with Gasteiger partial charge in [-0.15, -0.1) is 0 Å². The first kappa shape index (κ1) is 11.7. The summed E-state index contributed by atoms with van der Waals surface area (Å²) in [6, 6.07) is 0. The number of morpholine rings is 1. The van der Waals surface area contributed by atoms with Crippen LogP contribution in [0.15, 0.2) is 5.16 Å². The maximum atomic E-state index is 8.60. The molecule has 0 amide bonds. The Bertz CT molecular complexity index is 276. The Kier molecular flexibility index (Phi) is 3.35. The lowest BCUT2D eigenvalue weighted by molar-refractivity contribution is -0.0243. The van der Waals surface area contributed by atoms with E-state index in [-0.39, 0.29) is 5.41 Å². The van der Waals surface area contributed by atoms with E-state index in [2.05, 4.69) is 17.0 Å². The Labute approximate surface area is 96.2 Å². The molecule has 16 heavy (non-hydrogen) atoms. The predicted octanol–water partition coefficient (Wildman–Crippen LogP) is 0.624. The monoisotopic (exact) mass is 227 g/mol. The average Bonchev–Trinajstić information content (AvgIpc) is 2.97. The topological polar surface area (TPSA) is 71.1 Å². The summed E-state index contributed by atoms with van der Waals surface area (Å²) in [4.78, 5) is 2.44. The van der Waals surface area contributed by atoms with Crippen molar-refractivity contribution in [2.45, 2.75) is 32.3 Å². The average molecular weight is 227 g/mol. The molecule has 2 aliphatic rings. The first-order valence-corrected chi connectivity index (χ1v) is 5.94. The molecule has 3 N–H and O–H groups in total. The molecule has 0 spiro atoms. The van der Waals surface area contributed by atoms with Crippen LogP contribution in [0.3, 0.4) is 0 Å². The van der Waals surface area contributed by atoms with Gasteiger partial charge in [0.05, 0.1) is 12.7 Å². The lowest BCUT2D eigenvalue weighted by atomic mass is 10.0. The molecule has 0 bridgehead atoms. The summed E-state index contributed by atoms with van der Waals surface area (Å²) in [5, 5.41) is 11.7. The highest BCUT2D eigenvalue weighted by Crippen LogP contribution is 2.49. The molecule has 92 valence electrons. The summed E-state index contributed by atoms with van der Waals surface area (Å²) in [6.07, 6.45) is 3.42. The zero-order valence-corrected chi connectivity index (χ0v) is 9.85. The lowest BCUT2D eigenvalue weighted by Gasteiger charge is -2.33. The molecule has 2 fully saturated rings. The summed E-state index contributed by atoms with van der Waals surface area (Å²) in [7, 11) is 0. The molecule has 0 aromatic rings. The fraction of sp³-hybridized carbons (Fsp3) is 0.909. The van der Waals surface area contributed by atoms with E-state index in [1.54, 1.807) is 0 Å². The second kappa shape index (κ2) is 4.59. The van der Waals surface area contributed by atoms with Crippen molar-refractivity contribution in [2.24, 2.45) is 16.3 Å². The smallest absolute Gasteiger partial charge is 0.139 e. The zero-order chi connectivity index (χ0) is 11.6. The van der Waals surface area contributed by atoms with Crippen molar-refractivity contribution in [1.82, 2.24) is 4.90 Å². The number of oxime groups is 1. The van der Waals surface area contributed by atoms with Crippen molar-refractivity contribution >= 4 is 5.84 Å². The van der Waals surface area contributed by atoms with E-state index in [4.69, 9.17) is 15.7 Å². The van der Waals surface area contributed by atoms with Gasteiger partial charge in [0.15, 0.2) is 0 Å². The summed E-state index contributed by atoms with van der Waals surface area (Å²) in [6.45, 7) is 5.98. The molecule has 1 aliphatic carbocycles. The molecule has 1 atom stereocenters. The molecule has 1 saturated carbocycles. The minimum Gasteiger partial charge on any atom is -0.409 e. The van der Waals surface area contributed by atoms with Crippen LogP contribution in [0.5, 0.6) is 0 Å². The molecule has 1 saturated heterocycles. The van der Waals surface area contributed by atoms with Gasteiger partial charge in [-0.3, -0.25) is 4.90 Å². The van der Waals surface area contributed by atoms with E-state index in [0.29, 0.717) is 11.9 Å². The van der Waals surface area contributed by atoms with E-state index in [1.165, 1.54) is 12.8 Å². The minimum absolute atomic E-state index is 0.271. The van der Waals surface area contributed by atoms with Crippen LogP contribution in [0.2, 0.25) is 0 Å². The predicted molar refractivity (Wildman–Crippen MR) is 61.5 cm³/mol. The van der Waals surface area contributed by atoms with Gasteiger partial charge in [0.25, 0.3) is 0 Å². The van der Waals surface area contributed by atoms with E-state index >= 15 is 0 Å². The van der Waals surface area contributed by atoms with Crippen LogP contribution in [0, 0.1) is 5.41 Å². The maximum Gasteiger partial charge on any atom is 0.139 e. The van der Waals surface area contributed by atoms with Gasteiger partial charge in [0.2, 0.25) is 0 Å². The minimum atomic E-state index is 0.271. The Morgan fingerprint density at radius 1 is 1.62 bits per heavy atom. The fourth-order valence-corrected chi connectivity index (χ4v) is 2.50. The van der Waals surface area contributed by atoms with E-state index in [0.717, 1.165) is 32.7 Å². The van der Waals surface area contributed by atoms with Crippen LogP contribution in [-0.4, -0.2) is 48.3 Å². The third kappa shape index (κ3) is 2.86. The van der Waals surface area contributed by atoms with Gasteiger partial charge in [0.1, 0.15) is 5.84 Å². The maximum absolute atomic E-state index is 8.60. The van der Waals surface area contributed by atoms with Crippen molar-refractivity contribution in [1.29, 1.82) is 0 Å². The van der Waals surface area contributed by atoms with Crippen molar-refractivity contribution in [3.8, 4) is 0 Å². The summed E-state index contributed by atoms with van der Waals surface area (Å²) in [5.41, 5.74) is 5.86. The highest BCUT2D eigenvalue weighted by Gasteiger charge is 2.44. The third-order valence-corrected chi connectivity index (χ3v) is 3.53. The van der Waals surface area contributed by atoms with Crippen molar-refractivity contribution in [2.75, 3.05) is 26.2 Å². The Hall–Kier alpha value is -0.810. The van der Waals surface area contributed by atoms with Crippen LogP contribution >= 0.6 is 0 Å². The first-order chi connectivity index (χ1) is 7.63. The molecule has 0 radical (unpaired) electrons. The SMILES string of the molecule is CC1CN(CC2(CC(N)=NO)CC2)CCO1. The number of rotatable bonds is 4. The molecule has 2 rings (SSSR count). The molecular weight excluding hydrogens is 206 g/mol. The number of hydrogen-bond acceptors (Lipinski definition) is 4. The standard InChI is InChI=1S/C11H21N3O2/c1-9-7-14(4-5-16-9)8-11(2-3-11)6-10(12)13-15/h9,15H,2-8H2,1H3,(H2,12,13). The molecule has 5 nitrogen and oxygen atoms in total. The van der Waals surface area contributed by atoms with Gasteiger partial charge in [-0.1, -0.05) is 5.16 Å². The quantitative estimate of drug-likeness (QED) is 0.320. The van der Waals surface area contributed by atoms with Gasteiger partial charge < -0.3 is 15.7 Å². The van der Waals surface area contributed by atoms with Crippen LogP contribution in [0.25, 0.3) is 0 Å². The van der Waals surface area contributed by atoms with Crippen molar-refractivity contribution in [3.05, 3.63) is 0 Å². The van der Waals surface area contributed by atoms with E-state index in [1.807, 2.05) is 0 Å². The highest BCUT2D eigenvalue weighted by molar-refractivity contribution is 5.80. The summed E-state index contributed by atoms with van der Waals surface area (Å²) >= 11 is 0. The van der Waals surface area contributed by atoms with Crippen molar-refractivity contribution in [3.63, 3.8) is 0 Å². The summed E-state index contributed by atoms with van der Waals surface area (Å²) < 4.78 is 5.52. The van der Waals surface area contributed by atoms with E-state index in [9.17, 15) is 0 Å².